The molecule has 0 spiro atoms. The van der Waals surface area contributed by atoms with Crippen LogP contribution in [0, 0.1) is 0 Å². The lowest BCUT2D eigenvalue weighted by Crippen LogP contribution is -2.12. The highest BCUT2D eigenvalue weighted by Gasteiger charge is 2.39. The van der Waals surface area contributed by atoms with Crippen LogP contribution in [0.25, 0.3) is 0 Å². The Hall–Kier alpha value is -1.94. The number of ketones is 2. The summed E-state index contributed by atoms with van der Waals surface area (Å²) in [6.07, 6.45) is 0. The molecule has 0 amide bonds. The molecule has 0 heterocycles. The Balaban J connectivity index is 2.01. The van der Waals surface area contributed by atoms with Crippen molar-refractivity contribution < 1.29 is 14.3 Å². The first-order valence-electron chi connectivity index (χ1n) is 6.73. The van der Waals surface area contributed by atoms with Crippen LogP contribution in [0.5, 0.6) is 5.75 Å². The maximum absolute atomic E-state index is 12.5. The molecular weight excluding hydrogens is 332 g/mol. The van der Waals surface area contributed by atoms with Gasteiger partial charge in [0.1, 0.15) is 11.7 Å². The number of rotatable bonds is 3. The summed E-state index contributed by atoms with van der Waals surface area (Å²) < 4.78 is 6.20. The summed E-state index contributed by atoms with van der Waals surface area (Å²) in [7, 11) is 0. The molecule has 106 valence electrons. The molecule has 0 aliphatic heterocycles. The standard InChI is InChI=1S/C17H13BrO3/c1-2-21-14-8-7-10(9-13(14)18)15-16(19)11-5-3-4-6-12(11)17(15)20/h3-9,15H,2H2,1H3. The minimum Gasteiger partial charge on any atom is -0.493 e. The van der Waals surface area contributed by atoms with E-state index in [0.717, 1.165) is 4.47 Å². The Morgan fingerprint density at radius 3 is 2.19 bits per heavy atom. The minimum absolute atomic E-state index is 0.133. The maximum atomic E-state index is 12.5. The number of hydrogen-bond acceptors (Lipinski definition) is 3. The second-order valence-electron chi connectivity index (χ2n) is 4.83. The van der Waals surface area contributed by atoms with Crippen molar-refractivity contribution >= 4 is 27.5 Å². The lowest BCUT2D eigenvalue weighted by atomic mass is 9.94. The van der Waals surface area contributed by atoms with Gasteiger partial charge in [0.2, 0.25) is 0 Å². The average Bonchev–Trinajstić information content (AvgIpc) is 2.74. The molecular formula is C17H13BrO3. The molecule has 0 bridgehead atoms. The van der Waals surface area contributed by atoms with E-state index in [0.29, 0.717) is 29.0 Å². The Labute approximate surface area is 131 Å². The van der Waals surface area contributed by atoms with Crippen LogP contribution in [0.4, 0.5) is 0 Å². The van der Waals surface area contributed by atoms with Gasteiger partial charge >= 0.3 is 0 Å². The Morgan fingerprint density at radius 1 is 1.05 bits per heavy atom. The summed E-state index contributed by atoms with van der Waals surface area (Å²) in [4.78, 5) is 24.9. The van der Waals surface area contributed by atoms with E-state index in [2.05, 4.69) is 15.9 Å². The number of Topliss-reactive ketones (excluding diaryl/α,β-unsaturated/α-hetero) is 2. The first kappa shape index (κ1) is 14.0. The van der Waals surface area contributed by atoms with Gasteiger partial charge < -0.3 is 4.74 Å². The van der Waals surface area contributed by atoms with Crippen molar-refractivity contribution in [1.29, 1.82) is 0 Å². The van der Waals surface area contributed by atoms with Gasteiger partial charge in [-0.15, -0.1) is 0 Å². The minimum atomic E-state index is -0.741. The molecule has 0 radical (unpaired) electrons. The Bertz CT molecular complexity index is 702. The van der Waals surface area contributed by atoms with Gasteiger partial charge in [0.05, 0.1) is 11.1 Å². The van der Waals surface area contributed by atoms with Gasteiger partial charge in [-0.1, -0.05) is 30.3 Å². The number of carbonyl (C=O) groups excluding carboxylic acids is 2. The van der Waals surface area contributed by atoms with Crippen molar-refractivity contribution in [2.75, 3.05) is 6.61 Å². The number of carbonyl (C=O) groups is 2. The molecule has 2 aromatic rings. The van der Waals surface area contributed by atoms with E-state index in [9.17, 15) is 9.59 Å². The second kappa shape index (κ2) is 5.45. The van der Waals surface area contributed by atoms with Crippen LogP contribution in [0.3, 0.4) is 0 Å². The zero-order valence-corrected chi connectivity index (χ0v) is 13.0. The second-order valence-corrected chi connectivity index (χ2v) is 5.68. The highest BCUT2D eigenvalue weighted by molar-refractivity contribution is 9.10. The summed E-state index contributed by atoms with van der Waals surface area (Å²) in [5.74, 6) is -0.302. The van der Waals surface area contributed by atoms with Gasteiger partial charge in [0, 0.05) is 11.1 Å². The Morgan fingerprint density at radius 2 is 1.67 bits per heavy atom. The van der Waals surface area contributed by atoms with Crippen LogP contribution in [0.15, 0.2) is 46.9 Å². The van der Waals surface area contributed by atoms with Crippen molar-refractivity contribution in [3.63, 3.8) is 0 Å². The first-order chi connectivity index (χ1) is 10.1. The zero-order valence-electron chi connectivity index (χ0n) is 11.4. The number of halogens is 1. The van der Waals surface area contributed by atoms with E-state index >= 15 is 0 Å². The highest BCUT2D eigenvalue weighted by Crippen LogP contribution is 2.36. The molecule has 1 aliphatic carbocycles. The van der Waals surface area contributed by atoms with E-state index in [1.165, 1.54) is 0 Å². The van der Waals surface area contributed by atoms with E-state index in [-0.39, 0.29) is 11.6 Å². The van der Waals surface area contributed by atoms with E-state index in [1.54, 1.807) is 42.5 Å². The molecule has 21 heavy (non-hydrogen) atoms. The van der Waals surface area contributed by atoms with Crippen molar-refractivity contribution in [3.8, 4) is 5.75 Å². The third-order valence-corrected chi connectivity index (χ3v) is 4.19. The largest absolute Gasteiger partial charge is 0.493 e. The van der Waals surface area contributed by atoms with Crippen molar-refractivity contribution in [1.82, 2.24) is 0 Å². The van der Waals surface area contributed by atoms with Crippen molar-refractivity contribution in [3.05, 3.63) is 63.6 Å². The molecule has 0 unspecified atom stereocenters. The molecule has 1 aliphatic rings. The Kier molecular flexibility index (Phi) is 3.64. The summed E-state index contributed by atoms with van der Waals surface area (Å²) in [5.41, 5.74) is 1.71. The van der Waals surface area contributed by atoms with Crippen LogP contribution in [-0.4, -0.2) is 18.2 Å². The monoisotopic (exact) mass is 344 g/mol. The normalized spacial score (nSPS) is 14.4. The number of benzene rings is 2. The summed E-state index contributed by atoms with van der Waals surface area (Å²) in [5, 5.41) is 0. The van der Waals surface area contributed by atoms with Gasteiger partial charge in [0.15, 0.2) is 11.6 Å². The fourth-order valence-corrected chi connectivity index (χ4v) is 3.13. The van der Waals surface area contributed by atoms with Crippen LogP contribution >= 0.6 is 15.9 Å². The van der Waals surface area contributed by atoms with Crippen molar-refractivity contribution in [2.24, 2.45) is 0 Å². The molecule has 2 aromatic carbocycles. The van der Waals surface area contributed by atoms with Gasteiger partial charge in [-0.05, 0) is 40.5 Å². The molecule has 0 atom stereocenters. The smallest absolute Gasteiger partial charge is 0.178 e. The third kappa shape index (κ3) is 2.29. The molecule has 3 rings (SSSR count). The molecule has 0 aromatic heterocycles. The number of ether oxygens (including phenoxy) is 1. The quantitative estimate of drug-likeness (QED) is 0.790. The van der Waals surface area contributed by atoms with E-state index in [4.69, 9.17) is 4.74 Å². The van der Waals surface area contributed by atoms with Crippen LogP contribution in [-0.2, 0) is 0 Å². The fraction of sp³-hybridized carbons (Fsp3) is 0.176. The SMILES string of the molecule is CCOc1ccc(C2C(=O)c3ccccc3C2=O)cc1Br. The van der Waals surface area contributed by atoms with Gasteiger partial charge in [-0.25, -0.2) is 0 Å². The number of fused-ring (bicyclic) bond motifs is 1. The molecule has 0 saturated heterocycles. The highest BCUT2D eigenvalue weighted by atomic mass is 79.9. The molecule has 0 saturated carbocycles. The average molecular weight is 345 g/mol. The van der Waals surface area contributed by atoms with Gasteiger partial charge in [0.25, 0.3) is 0 Å². The summed E-state index contributed by atoms with van der Waals surface area (Å²) >= 11 is 3.42. The van der Waals surface area contributed by atoms with E-state index < -0.39 is 5.92 Å². The van der Waals surface area contributed by atoms with Gasteiger partial charge in [-0.2, -0.15) is 0 Å². The first-order valence-corrected chi connectivity index (χ1v) is 7.52. The van der Waals surface area contributed by atoms with Gasteiger partial charge in [-0.3, -0.25) is 9.59 Å². The topological polar surface area (TPSA) is 43.4 Å². The molecule has 3 nitrogen and oxygen atoms in total. The maximum Gasteiger partial charge on any atom is 0.178 e. The fourth-order valence-electron chi connectivity index (χ4n) is 2.61. The number of hydrogen-bond donors (Lipinski definition) is 0. The molecule has 0 fully saturated rings. The third-order valence-electron chi connectivity index (χ3n) is 3.57. The van der Waals surface area contributed by atoms with Crippen LogP contribution in [0.2, 0.25) is 0 Å². The molecule has 4 heteroatoms. The van der Waals surface area contributed by atoms with Crippen LogP contribution < -0.4 is 4.74 Å². The van der Waals surface area contributed by atoms with Crippen LogP contribution in [0.1, 0.15) is 39.1 Å². The lowest BCUT2D eigenvalue weighted by molar-refractivity contribution is 0.0890. The predicted octanol–water partition coefficient (Wildman–Crippen LogP) is 4.01. The van der Waals surface area contributed by atoms with E-state index in [1.807, 2.05) is 6.92 Å². The lowest BCUT2D eigenvalue weighted by Gasteiger charge is -2.11. The zero-order chi connectivity index (χ0) is 15.0. The predicted molar refractivity (Wildman–Crippen MR) is 83.2 cm³/mol. The summed E-state index contributed by atoms with van der Waals surface area (Å²) in [6.45, 7) is 2.46. The van der Waals surface area contributed by atoms with Crippen molar-refractivity contribution in [2.45, 2.75) is 12.8 Å². The molecule has 0 N–H and O–H groups in total. The summed E-state index contributed by atoms with van der Waals surface area (Å²) in [6, 6.07) is 12.3.